The summed E-state index contributed by atoms with van der Waals surface area (Å²) in [4.78, 5) is 31.7. The van der Waals surface area contributed by atoms with Gasteiger partial charge < -0.3 is 20.2 Å². The molecule has 23 heavy (non-hydrogen) atoms. The maximum Gasteiger partial charge on any atom is 0.251 e. The number of carbonyl (C=O) groups excluding carboxylic acids is 2. The minimum Gasteiger partial charge on any atom is -0.383 e. The molecule has 1 aromatic rings. The lowest BCUT2D eigenvalue weighted by molar-refractivity contribution is -0.142. The second kappa shape index (κ2) is 7.92. The third kappa shape index (κ3) is 4.66. The number of nitrogens with zero attached hydrogens (tertiary/aromatic N) is 3. The molecule has 0 spiro atoms. The van der Waals surface area contributed by atoms with Gasteiger partial charge in [0.2, 0.25) is 5.91 Å². The fraction of sp³-hybridized carbons (Fsp3) is 0.562. The van der Waals surface area contributed by atoms with E-state index in [1.165, 1.54) is 4.90 Å². The second-order valence-corrected chi connectivity index (χ2v) is 5.91. The number of pyridine rings is 1. The molecule has 126 valence electrons. The lowest BCUT2D eigenvalue weighted by Gasteiger charge is -2.22. The first kappa shape index (κ1) is 17.2. The molecule has 2 N–H and O–H groups in total. The molecular weight excluding hydrogens is 296 g/mol. The average Bonchev–Trinajstić information content (AvgIpc) is 2.69. The van der Waals surface area contributed by atoms with Crippen molar-refractivity contribution >= 4 is 17.5 Å². The fourth-order valence-corrected chi connectivity index (χ4v) is 2.63. The standard InChI is InChI=1S/C16H24N4O3/c1-19(2)13-6-5-8-17-12(13)10-18-15(22)11-20-9-4-3-7-14(21)16(20)23/h5-6,8,14,21H,3-4,7,9-11H2,1-2H3,(H,18,22). The molecule has 0 radical (unpaired) electrons. The molecule has 0 bridgehead atoms. The van der Waals surface area contributed by atoms with Crippen molar-refractivity contribution in [2.45, 2.75) is 31.9 Å². The topological polar surface area (TPSA) is 85.8 Å². The van der Waals surface area contributed by atoms with Crippen molar-refractivity contribution in [3.63, 3.8) is 0 Å². The van der Waals surface area contributed by atoms with Gasteiger partial charge in [-0.05, 0) is 31.4 Å². The number of hydrogen-bond acceptors (Lipinski definition) is 5. The van der Waals surface area contributed by atoms with Gasteiger partial charge in [0.25, 0.3) is 5.91 Å². The first-order chi connectivity index (χ1) is 11.0. The van der Waals surface area contributed by atoms with E-state index in [9.17, 15) is 14.7 Å². The van der Waals surface area contributed by atoms with Crippen LogP contribution in [0.1, 0.15) is 25.0 Å². The van der Waals surface area contributed by atoms with Crippen LogP contribution in [0.25, 0.3) is 0 Å². The van der Waals surface area contributed by atoms with Crippen LogP contribution in [-0.2, 0) is 16.1 Å². The Bertz CT molecular complexity index is 562. The third-order valence-electron chi connectivity index (χ3n) is 3.89. The van der Waals surface area contributed by atoms with Crippen LogP contribution in [0.5, 0.6) is 0 Å². The lowest BCUT2D eigenvalue weighted by atomic mass is 10.2. The van der Waals surface area contributed by atoms with Crippen LogP contribution in [0, 0.1) is 0 Å². The van der Waals surface area contributed by atoms with E-state index in [1.807, 2.05) is 31.1 Å². The molecule has 1 aromatic heterocycles. The summed E-state index contributed by atoms with van der Waals surface area (Å²) in [5, 5.41) is 12.5. The van der Waals surface area contributed by atoms with Crippen LogP contribution >= 0.6 is 0 Å². The van der Waals surface area contributed by atoms with Gasteiger partial charge in [0, 0.05) is 26.8 Å². The number of hydrogen-bond donors (Lipinski definition) is 2. The van der Waals surface area contributed by atoms with Crippen molar-refractivity contribution in [3.8, 4) is 0 Å². The zero-order valence-corrected chi connectivity index (χ0v) is 13.7. The third-order valence-corrected chi connectivity index (χ3v) is 3.89. The van der Waals surface area contributed by atoms with Crippen LogP contribution in [0.3, 0.4) is 0 Å². The average molecular weight is 320 g/mol. The predicted octanol–water partition coefficient (Wildman–Crippen LogP) is 0.137. The van der Waals surface area contributed by atoms with Gasteiger partial charge in [0.05, 0.1) is 24.5 Å². The van der Waals surface area contributed by atoms with Gasteiger partial charge in [-0.3, -0.25) is 14.6 Å². The molecule has 0 saturated carbocycles. The maximum absolute atomic E-state index is 12.1. The molecule has 2 amide bonds. The summed E-state index contributed by atoms with van der Waals surface area (Å²) < 4.78 is 0. The molecule has 0 aromatic carbocycles. The summed E-state index contributed by atoms with van der Waals surface area (Å²) in [6.07, 6.45) is 2.77. The Morgan fingerprint density at radius 2 is 2.26 bits per heavy atom. The van der Waals surface area contributed by atoms with Crippen LogP contribution in [0.4, 0.5) is 5.69 Å². The summed E-state index contributed by atoms with van der Waals surface area (Å²) in [7, 11) is 3.83. The maximum atomic E-state index is 12.1. The molecule has 2 rings (SSSR count). The van der Waals surface area contributed by atoms with E-state index in [2.05, 4.69) is 10.3 Å². The monoisotopic (exact) mass is 320 g/mol. The number of amides is 2. The zero-order chi connectivity index (χ0) is 16.8. The summed E-state index contributed by atoms with van der Waals surface area (Å²) in [5.41, 5.74) is 1.71. The Hall–Kier alpha value is -2.15. The van der Waals surface area contributed by atoms with Crippen LogP contribution in [-0.4, -0.2) is 60.1 Å². The highest BCUT2D eigenvalue weighted by atomic mass is 16.3. The van der Waals surface area contributed by atoms with E-state index in [-0.39, 0.29) is 18.4 Å². The smallest absolute Gasteiger partial charge is 0.251 e. The molecule has 1 aliphatic heterocycles. The van der Waals surface area contributed by atoms with Crippen LogP contribution < -0.4 is 10.2 Å². The van der Waals surface area contributed by atoms with Crippen molar-refractivity contribution in [2.24, 2.45) is 0 Å². The molecule has 1 saturated heterocycles. The number of aliphatic hydroxyl groups excluding tert-OH is 1. The number of anilines is 1. The van der Waals surface area contributed by atoms with Crippen molar-refractivity contribution in [3.05, 3.63) is 24.0 Å². The molecule has 7 heteroatoms. The molecule has 1 unspecified atom stereocenters. The molecule has 1 aliphatic rings. The first-order valence-corrected chi connectivity index (χ1v) is 7.84. The number of aromatic nitrogens is 1. The van der Waals surface area contributed by atoms with Gasteiger partial charge in [-0.25, -0.2) is 0 Å². The van der Waals surface area contributed by atoms with Crippen molar-refractivity contribution in [2.75, 3.05) is 32.1 Å². The number of aliphatic hydroxyl groups is 1. The van der Waals surface area contributed by atoms with E-state index in [0.717, 1.165) is 24.2 Å². The number of rotatable bonds is 5. The second-order valence-electron chi connectivity index (χ2n) is 5.91. The Kier molecular flexibility index (Phi) is 5.92. The summed E-state index contributed by atoms with van der Waals surface area (Å²) in [6, 6.07) is 3.78. The molecule has 1 fully saturated rings. The predicted molar refractivity (Wildman–Crippen MR) is 86.8 cm³/mol. The van der Waals surface area contributed by atoms with Gasteiger partial charge in [0.1, 0.15) is 6.10 Å². The minimum atomic E-state index is -0.985. The van der Waals surface area contributed by atoms with E-state index >= 15 is 0 Å². The summed E-state index contributed by atoms with van der Waals surface area (Å²) in [5.74, 6) is -0.604. The Morgan fingerprint density at radius 1 is 1.48 bits per heavy atom. The SMILES string of the molecule is CN(C)c1cccnc1CNC(=O)CN1CCCCC(O)C1=O. The van der Waals surface area contributed by atoms with E-state index in [4.69, 9.17) is 0 Å². The first-order valence-electron chi connectivity index (χ1n) is 7.84. The van der Waals surface area contributed by atoms with Gasteiger partial charge in [-0.15, -0.1) is 0 Å². The highest BCUT2D eigenvalue weighted by molar-refractivity contribution is 5.87. The van der Waals surface area contributed by atoms with Gasteiger partial charge in [-0.1, -0.05) is 0 Å². The van der Waals surface area contributed by atoms with Gasteiger partial charge in [-0.2, -0.15) is 0 Å². The molecule has 1 atom stereocenters. The molecule has 2 heterocycles. The summed E-state index contributed by atoms with van der Waals surface area (Å²) >= 11 is 0. The number of likely N-dealkylation sites (tertiary alicyclic amines) is 1. The quantitative estimate of drug-likeness (QED) is 0.806. The number of carbonyl (C=O) groups is 2. The largest absolute Gasteiger partial charge is 0.383 e. The Labute approximate surface area is 136 Å². The van der Waals surface area contributed by atoms with Crippen molar-refractivity contribution in [1.82, 2.24) is 15.2 Å². The number of nitrogens with one attached hydrogen (secondary N) is 1. The van der Waals surface area contributed by atoms with Gasteiger partial charge in [0.15, 0.2) is 0 Å². The normalized spacial score (nSPS) is 18.5. The van der Waals surface area contributed by atoms with E-state index < -0.39 is 6.10 Å². The molecule has 0 aliphatic carbocycles. The van der Waals surface area contributed by atoms with E-state index in [0.29, 0.717) is 19.5 Å². The van der Waals surface area contributed by atoms with Crippen LogP contribution in [0.15, 0.2) is 18.3 Å². The minimum absolute atomic E-state index is 0.0278. The zero-order valence-electron chi connectivity index (χ0n) is 13.7. The Balaban J connectivity index is 1.91. The highest BCUT2D eigenvalue weighted by Crippen LogP contribution is 2.15. The Morgan fingerprint density at radius 3 is 3.00 bits per heavy atom. The fourth-order valence-electron chi connectivity index (χ4n) is 2.63. The van der Waals surface area contributed by atoms with Crippen molar-refractivity contribution in [1.29, 1.82) is 0 Å². The van der Waals surface area contributed by atoms with Crippen LogP contribution in [0.2, 0.25) is 0 Å². The molecule has 7 nitrogen and oxygen atoms in total. The highest BCUT2D eigenvalue weighted by Gasteiger charge is 2.26. The summed E-state index contributed by atoms with van der Waals surface area (Å²) in [6.45, 7) is 0.785. The van der Waals surface area contributed by atoms with E-state index in [1.54, 1.807) is 6.20 Å². The molecular formula is C16H24N4O3. The lowest BCUT2D eigenvalue weighted by Crippen LogP contribution is -2.44. The van der Waals surface area contributed by atoms with Gasteiger partial charge >= 0.3 is 0 Å². The van der Waals surface area contributed by atoms with Crippen molar-refractivity contribution < 1.29 is 14.7 Å².